The molecule has 19 heavy (non-hydrogen) atoms. The fourth-order valence-corrected chi connectivity index (χ4v) is 2.31. The largest absolute Gasteiger partial charge is 0.388 e. The normalized spacial score (nSPS) is 10.7. The third kappa shape index (κ3) is 4.11. The van der Waals surface area contributed by atoms with Gasteiger partial charge in [-0.15, -0.1) is 0 Å². The second kappa shape index (κ2) is 6.39. The van der Waals surface area contributed by atoms with Crippen LogP contribution in [0.5, 0.6) is 0 Å². The molecular formula is C17H22N2. The Labute approximate surface area is 116 Å². The van der Waals surface area contributed by atoms with Crippen LogP contribution in [0.25, 0.3) is 0 Å². The van der Waals surface area contributed by atoms with Crippen LogP contribution in [0.15, 0.2) is 48.5 Å². The Kier molecular flexibility index (Phi) is 4.58. The van der Waals surface area contributed by atoms with E-state index in [9.17, 15) is 0 Å². The molecule has 100 valence electrons. The summed E-state index contributed by atoms with van der Waals surface area (Å²) >= 11 is 0. The Morgan fingerprint density at radius 1 is 0.947 bits per heavy atom. The van der Waals surface area contributed by atoms with Gasteiger partial charge >= 0.3 is 0 Å². The van der Waals surface area contributed by atoms with Gasteiger partial charge in [0.1, 0.15) is 0 Å². The van der Waals surface area contributed by atoms with E-state index >= 15 is 0 Å². The molecule has 0 aliphatic heterocycles. The summed E-state index contributed by atoms with van der Waals surface area (Å²) in [7, 11) is 4.12. The molecule has 2 aromatic rings. The lowest BCUT2D eigenvalue weighted by atomic mass is 10.1. The van der Waals surface area contributed by atoms with Crippen molar-refractivity contribution in [3.05, 3.63) is 65.2 Å². The maximum Gasteiger partial charge on any atom is 0.0340 e. The van der Waals surface area contributed by atoms with Crippen LogP contribution >= 0.6 is 0 Å². The number of anilines is 1. The molecule has 0 aliphatic rings. The fraction of sp³-hybridized carbons (Fsp3) is 0.294. The van der Waals surface area contributed by atoms with E-state index in [-0.39, 0.29) is 0 Å². The number of rotatable bonds is 5. The molecule has 1 N–H and O–H groups in total. The number of nitrogens with zero attached hydrogens (tertiary/aromatic N) is 1. The third-order valence-electron chi connectivity index (χ3n) is 3.20. The van der Waals surface area contributed by atoms with E-state index in [4.69, 9.17) is 0 Å². The molecule has 2 heteroatoms. The molecule has 0 saturated carbocycles. The Bertz CT molecular complexity index is 534. The summed E-state index contributed by atoms with van der Waals surface area (Å²) in [5.74, 6) is 0. The molecule has 0 fully saturated rings. The van der Waals surface area contributed by atoms with Crippen molar-refractivity contribution in [3.8, 4) is 0 Å². The summed E-state index contributed by atoms with van der Waals surface area (Å²) in [6.45, 7) is 4.08. The van der Waals surface area contributed by atoms with Crippen molar-refractivity contribution in [3.63, 3.8) is 0 Å². The molecular weight excluding hydrogens is 232 g/mol. The van der Waals surface area contributed by atoms with Crippen LogP contribution in [0.3, 0.4) is 0 Å². The predicted molar refractivity (Wildman–Crippen MR) is 82.3 cm³/mol. The zero-order valence-electron chi connectivity index (χ0n) is 12.0. The minimum absolute atomic E-state index is 0.962. The highest BCUT2D eigenvalue weighted by molar-refractivity contribution is 5.44. The van der Waals surface area contributed by atoms with E-state index < -0.39 is 0 Å². The first kappa shape index (κ1) is 13.6. The van der Waals surface area contributed by atoms with Crippen molar-refractivity contribution in [1.82, 2.24) is 4.90 Å². The Balaban J connectivity index is 1.98. The van der Waals surface area contributed by atoms with E-state index in [0.29, 0.717) is 0 Å². The van der Waals surface area contributed by atoms with Crippen molar-refractivity contribution >= 4 is 5.69 Å². The lowest BCUT2D eigenvalue weighted by Gasteiger charge is -2.17. The molecule has 2 nitrogen and oxygen atoms in total. The third-order valence-corrected chi connectivity index (χ3v) is 3.20. The zero-order chi connectivity index (χ0) is 13.7. The second-order valence-corrected chi connectivity index (χ2v) is 5.11. The Morgan fingerprint density at radius 2 is 1.58 bits per heavy atom. The van der Waals surface area contributed by atoms with Gasteiger partial charge in [0.25, 0.3) is 0 Å². The van der Waals surface area contributed by atoms with Crippen LogP contribution in [-0.4, -0.2) is 19.0 Å². The highest BCUT2D eigenvalue weighted by Gasteiger charge is 2.02. The van der Waals surface area contributed by atoms with Gasteiger partial charge in [-0.25, -0.2) is 0 Å². The Morgan fingerprint density at radius 3 is 2.21 bits per heavy atom. The molecule has 0 bridgehead atoms. The van der Waals surface area contributed by atoms with E-state index in [0.717, 1.165) is 13.1 Å². The van der Waals surface area contributed by atoms with E-state index in [1.165, 1.54) is 22.4 Å². The predicted octanol–water partition coefficient (Wildman–Crippen LogP) is 3.67. The highest BCUT2D eigenvalue weighted by atomic mass is 15.1. The minimum Gasteiger partial charge on any atom is -0.388 e. The maximum absolute atomic E-state index is 3.18. The standard InChI is InChI=1S/C17H22N2/c1-14-6-4-7-15(10-14)12-19(3)13-16-8-5-9-17(11-16)18-2/h4-11,18H,12-13H2,1-3H3. The van der Waals surface area contributed by atoms with Gasteiger partial charge in [0.15, 0.2) is 0 Å². The van der Waals surface area contributed by atoms with Crippen molar-refractivity contribution in [1.29, 1.82) is 0 Å². The van der Waals surface area contributed by atoms with Gasteiger partial charge < -0.3 is 5.32 Å². The average molecular weight is 254 g/mol. The molecule has 0 saturated heterocycles. The lowest BCUT2D eigenvalue weighted by molar-refractivity contribution is 0.319. The summed E-state index contributed by atoms with van der Waals surface area (Å²) in [6, 6.07) is 17.3. The SMILES string of the molecule is CNc1cccc(CN(C)Cc2cccc(C)c2)c1. The van der Waals surface area contributed by atoms with Crippen LogP contribution in [0, 0.1) is 6.92 Å². The Hall–Kier alpha value is -1.80. The van der Waals surface area contributed by atoms with Gasteiger partial charge in [0.2, 0.25) is 0 Å². The number of nitrogens with one attached hydrogen (secondary N) is 1. The quantitative estimate of drug-likeness (QED) is 0.876. The summed E-state index contributed by atoms with van der Waals surface area (Å²) in [5, 5.41) is 3.18. The topological polar surface area (TPSA) is 15.3 Å². The number of hydrogen-bond donors (Lipinski definition) is 1. The van der Waals surface area contributed by atoms with E-state index in [2.05, 4.69) is 72.7 Å². The van der Waals surface area contributed by atoms with Crippen LogP contribution in [0.4, 0.5) is 5.69 Å². The van der Waals surface area contributed by atoms with Crippen molar-refractivity contribution in [2.75, 3.05) is 19.4 Å². The first-order valence-corrected chi connectivity index (χ1v) is 6.68. The smallest absolute Gasteiger partial charge is 0.0340 e. The van der Waals surface area contributed by atoms with Gasteiger partial charge in [0.05, 0.1) is 0 Å². The van der Waals surface area contributed by atoms with Gasteiger partial charge in [-0.05, 0) is 37.2 Å². The van der Waals surface area contributed by atoms with Gasteiger partial charge in [0, 0.05) is 25.8 Å². The molecule has 0 aliphatic carbocycles. The molecule has 0 unspecified atom stereocenters. The monoisotopic (exact) mass is 254 g/mol. The molecule has 0 heterocycles. The molecule has 0 spiro atoms. The first-order valence-electron chi connectivity index (χ1n) is 6.68. The van der Waals surface area contributed by atoms with Gasteiger partial charge in [-0.2, -0.15) is 0 Å². The molecule has 0 aromatic heterocycles. The molecule has 0 amide bonds. The summed E-state index contributed by atoms with van der Waals surface area (Å²) < 4.78 is 0. The molecule has 2 rings (SSSR count). The lowest BCUT2D eigenvalue weighted by Crippen LogP contribution is -2.17. The minimum atomic E-state index is 0.962. The van der Waals surface area contributed by atoms with Crippen molar-refractivity contribution in [2.24, 2.45) is 0 Å². The van der Waals surface area contributed by atoms with Gasteiger partial charge in [-0.1, -0.05) is 42.0 Å². The van der Waals surface area contributed by atoms with Crippen LogP contribution in [0.1, 0.15) is 16.7 Å². The van der Waals surface area contributed by atoms with Crippen molar-refractivity contribution in [2.45, 2.75) is 20.0 Å². The highest BCUT2D eigenvalue weighted by Crippen LogP contribution is 2.13. The zero-order valence-corrected chi connectivity index (χ0v) is 12.0. The van der Waals surface area contributed by atoms with Crippen LogP contribution in [0.2, 0.25) is 0 Å². The fourth-order valence-electron chi connectivity index (χ4n) is 2.31. The second-order valence-electron chi connectivity index (χ2n) is 5.11. The van der Waals surface area contributed by atoms with Crippen LogP contribution in [-0.2, 0) is 13.1 Å². The van der Waals surface area contributed by atoms with E-state index in [1.807, 2.05) is 7.05 Å². The van der Waals surface area contributed by atoms with E-state index in [1.54, 1.807) is 0 Å². The molecule has 0 atom stereocenters. The molecule has 0 radical (unpaired) electrons. The van der Waals surface area contributed by atoms with Gasteiger partial charge in [-0.3, -0.25) is 4.90 Å². The summed E-state index contributed by atoms with van der Waals surface area (Å²) in [5.41, 5.74) is 5.19. The number of aryl methyl sites for hydroxylation is 1. The maximum atomic E-state index is 3.18. The number of hydrogen-bond acceptors (Lipinski definition) is 2. The number of benzene rings is 2. The first-order chi connectivity index (χ1) is 9.17. The average Bonchev–Trinajstić information content (AvgIpc) is 2.38. The van der Waals surface area contributed by atoms with Crippen molar-refractivity contribution < 1.29 is 0 Å². The summed E-state index contributed by atoms with van der Waals surface area (Å²) in [6.07, 6.45) is 0. The summed E-state index contributed by atoms with van der Waals surface area (Å²) in [4.78, 5) is 2.34. The molecule has 2 aromatic carbocycles. The van der Waals surface area contributed by atoms with Crippen LogP contribution < -0.4 is 5.32 Å².